The number of ether oxygens (including phenoxy) is 2. The molecule has 11 nitrogen and oxygen atoms in total. The zero-order valence-corrected chi connectivity index (χ0v) is 24.0. The first-order chi connectivity index (χ1) is 19.4. The van der Waals surface area contributed by atoms with E-state index in [9.17, 15) is 9.59 Å². The molecule has 5 atom stereocenters. The lowest BCUT2D eigenvalue weighted by atomic mass is 10.1. The van der Waals surface area contributed by atoms with Gasteiger partial charge in [-0.15, -0.1) is 0 Å². The van der Waals surface area contributed by atoms with Crippen LogP contribution in [0.25, 0.3) is 0 Å². The van der Waals surface area contributed by atoms with E-state index in [2.05, 4.69) is 16.4 Å². The Labute approximate surface area is 233 Å². The number of nitrogens with one attached hydrogen (secondary N) is 1. The lowest BCUT2D eigenvalue weighted by Gasteiger charge is -2.38. The highest BCUT2D eigenvalue weighted by Crippen LogP contribution is 2.50. The summed E-state index contributed by atoms with van der Waals surface area (Å²) < 4.78 is 44.6. The monoisotopic (exact) mass is 561 g/mol. The summed E-state index contributed by atoms with van der Waals surface area (Å²) in [5.41, 5.74) is -0.312. The maximum absolute atomic E-state index is 13.1. The molecule has 0 bridgehead atoms. The molecular formula is C27H38N5O6P. The van der Waals surface area contributed by atoms with Crippen LogP contribution in [0.15, 0.2) is 47.4 Å². The predicted molar refractivity (Wildman–Crippen MR) is 148 cm³/mol. The van der Waals surface area contributed by atoms with Gasteiger partial charge in [0, 0.05) is 33.7 Å². The third kappa shape index (κ3) is 7.70. The SMILES string of the molecule is [2H]C([2H])(C)[C@H]1O[C@@H](n2ccc(NC(=O)c3ccccc3)nc2=O)[C@H](OC)[C@@H]1OP(OCCC#N)N(C(C)C)C(C)C. The van der Waals surface area contributed by atoms with Crippen molar-refractivity contribution in [3.63, 3.8) is 0 Å². The Morgan fingerprint density at radius 1 is 1.26 bits per heavy atom. The second kappa shape index (κ2) is 14.6. The molecule has 2 heterocycles. The average Bonchev–Trinajstić information content (AvgIpc) is 3.27. The number of amides is 1. The van der Waals surface area contributed by atoms with Crippen LogP contribution in [0.4, 0.5) is 5.82 Å². The number of nitriles is 1. The fraction of sp³-hybridized carbons (Fsp3) is 0.556. The summed E-state index contributed by atoms with van der Waals surface area (Å²) >= 11 is 0. The molecule has 0 spiro atoms. The molecule has 1 saturated heterocycles. The molecular weight excluding hydrogens is 521 g/mol. The first kappa shape index (κ1) is 27.8. The highest BCUT2D eigenvalue weighted by molar-refractivity contribution is 7.44. The molecule has 1 aliphatic rings. The van der Waals surface area contributed by atoms with Crippen molar-refractivity contribution >= 4 is 20.3 Å². The van der Waals surface area contributed by atoms with Gasteiger partial charge in [0.15, 0.2) is 6.23 Å². The van der Waals surface area contributed by atoms with E-state index in [0.29, 0.717) is 5.56 Å². The number of aromatic nitrogens is 2. The molecule has 1 fully saturated rings. The van der Waals surface area contributed by atoms with E-state index in [0.717, 1.165) is 0 Å². The summed E-state index contributed by atoms with van der Waals surface area (Å²) in [6, 6.07) is 12.1. The van der Waals surface area contributed by atoms with Crippen LogP contribution in [0, 0.1) is 11.3 Å². The van der Waals surface area contributed by atoms with Crippen molar-refractivity contribution in [2.45, 2.75) is 84.0 Å². The number of hydrogen-bond acceptors (Lipinski definition) is 9. The minimum Gasteiger partial charge on any atom is -0.374 e. The number of carbonyl (C=O) groups excluding carboxylic acids is 1. The van der Waals surface area contributed by atoms with Crippen LogP contribution in [0.3, 0.4) is 0 Å². The predicted octanol–water partition coefficient (Wildman–Crippen LogP) is 4.48. The Kier molecular flexibility index (Phi) is 10.4. The number of benzene rings is 1. The molecule has 0 radical (unpaired) electrons. The minimum atomic E-state index is -1.88. The molecule has 1 aromatic carbocycles. The van der Waals surface area contributed by atoms with E-state index in [4.69, 9.17) is 26.5 Å². The first-order valence-corrected chi connectivity index (χ1v) is 13.9. The minimum absolute atomic E-state index is 0.0182. The van der Waals surface area contributed by atoms with Gasteiger partial charge in [0.1, 0.15) is 18.0 Å². The molecule has 0 saturated carbocycles. The Bertz CT molecular complexity index is 1250. The Hall–Kier alpha value is -2.71. The molecule has 1 aromatic heterocycles. The van der Waals surface area contributed by atoms with E-state index in [1.807, 2.05) is 32.4 Å². The van der Waals surface area contributed by atoms with Crippen LogP contribution < -0.4 is 11.0 Å². The summed E-state index contributed by atoms with van der Waals surface area (Å²) in [7, 11) is -0.330. The third-order valence-electron chi connectivity index (χ3n) is 6.00. The number of nitrogens with zero attached hydrogens (tertiary/aromatic N) is 4. The normalized spacial score (nSPS) is 23.0. The number of anilines is 1. The molecule has 1 unspecified atom stereocenters. The Morgan fingerprint density at radius 2 is 1.95 bits per heavy atom. The van der Waals surface area contributed by atoms with Crippen LogP contribution in [0.1, 0.15) is 66.7 Å². The van der Waals surface area contributed by atoms with Gasteiger partial charge in [-0.05, 0) is 52.3 Å². The second-order valence-electron chi connectivity index (χ2n) is 9.38. The van der Waals surface area contributed by atoms with E-state index < -0.39 is 51.0 Å². The van der Waals surface area contributed by atoms with E-state index in [-0.39, 0.29) is 30.9 Å². The second-order valence-corrected chi connectivity index (χ2v) is 10.8. The lowest BCUT2D eigenvalue weighted by Crippen LogP contribution is -2.40. The summed E-state index contributed by atoms with van der Waals surface area (Å²) in [6.45, 7) is 9.48. The quantitative estimate of drug-likeness (QED) is 0.278. The van der Waals surface area contributed by atoms with Crippen LogP contribution in [-0.4, -0.2) is 64.2 Å². The highest BCUT2D eigenvalue weighted by Gasteiger charge is 2.48. The van der Waals surface area contributed by atoms with Crippen molar-refractivity contribution in [3.8, 4) is 6.07 Å². The zero-order chi connectivity index (χ0) is 30.3. The lowest BCUT2D eigenvalue weighted by molar-refractivity contribution is -0.0538. The fourth-order valence-corrected chi connectivity index (χ4v) is 6.06. The van der Waals surface area contributed by atoms with Gasteiger partial charge in [-0.3, -0.25) is 9.36 Å². The number of hydrogen-bond donors (Lipinski definition) is 1. The van der Waals surface area contributed by atoms with Gasteiger partial charge in [-0.2, -0.15) is 10.2 Å². The first-order valence-electron chi connectivity index (χ1n) is 13.8. The van der Waals surface area contributed by atoms with Crippen molar-refractivity contribution in [2.24, 2.45) is 0 Å². The van der Waals surface area contributed by atoms with Gasteiger partial charge in [0.2, 0.25) is 0 Å². The van der Waals surface area contributed by atoms with E-state index >= 15 is 0 Å². The molecule has 0 aliphatic carbocycles. The molecule has 1 amide bonds. The van der Waals surface area contributed by atoms with Gasteiger partial charge >= 0.3 is 5.69 Å². The number of carbonyl (C=O) groups is 1. The zero-order valence-electron chi connectivity index (χ0n) is 25.1. The van der Waals surface area contributed by atoms with Crippen molar-refractivity contribution in [2.75, 3.05) is 19.0 Å². The van der Waals surface area contributed by atoms with Crippen molar-refractivity contribution in [1.29, 1.82) is 5.26 Å². The molecule has 1 aliphatic heterocycles. The van der Waals surface area contributed by atoms with Crippen LogP contribution >= 0.6 is 8.53 Å². The van der Waals surface area contributed by atoms with Crippen molar-refractivity contribution < 1.29 is 26.1 Å². The van der Waals surface area contributed by atoms with E-state index in [1.165, 1.54) is 30.9 Å². The molecule has 39 heavy (non-hydrogen) atoms. The molecule has 2 aromatic rings. The standard InChI is InChI=1S/C27H38N5O6P/c1-7-21-23(38-39(36-17-11-15-28)32(18(2)3)19(4)5)24(35-6)26(37-21)31-16-14-22(30-27(31)34)29-25(33)20-12-9-8-10-13-20/h8-10,12-14,16,18-19,21,23-24,26H,7,11,17H2,1-6H3,(H,29,30,33,34)/t21-,23-,24-,26-,39?/m1/s1/i7D2. The van der Waals surface area contributed by atoms with Gasteiger partial charge in [-0.25, -0.2) is 9.46 Å². The number of methoxy groups -OCH3 is 1. The van der Waals surface area contributed by atoms with Crippen molar-refractivity contribution in [3.05, 3.63) is 58.6 Å². The Morgan fingerprint density at radius 3 is 2.51 bits per heavy atom. The van der Waals surface area contributed by atoms with Crippen LogP contribution in [0.2, 0.25) is 0 Å². The summed E-state index contributed by atoms with van der Waals surface area (Å²) in [4.78, 5) is 29.6. The van der Waals surface area contributed by atoms with Gasteiger partial charge in [0.25, 0.3) is 14.4 Å². The topological polar surface area (TPSA) is 128 Å². The molecule has 12 heteroatoms. The van der Waals surface area contributed by atoms with Gasteiger partial charge < -0.3 is 23.8 Å². The van der Waals surface area contributed by atoms with Gasteiger partial charge in [-0.1, -0.05) is 25.1 Å². The molecule has 3 rings (SSSR count). The van der Waals surface area contributed by atoms with Gasteiger partial charge in [0.05, 0.1) is 25.2 Å². The number of rotatable bonds is 13. The summed E-state index contributed by atoms with van der Waals surface area (Å²) in [5, 5.41) is 11.6. The fourth-order valence-electron chi connectivity index (χ4n) is 4.31. The maximum atomic E-state index is 13.1. The largest absolute Gasteiger partial charge is 0.374 e. The molecule has 1 N–H and O–H groups in total. The Balaban J connectivity index is 1.92. The summed E-state index contributed by atoms with van der Waals surface area (Å²) in [5.74, 6) is -0.361. The molecule has 212 valence electrons. The van der Waals surface area contributed by atoms with Crippen molar-refractivity contribution in [1.82, 2.24) is 14.2 Å². The van der Waals surface area contributed by atoms with Crippen LogP contribution in [0.5, 0.6) is 0 Å². The summed E-state index contributed by atoms with van der Waals surface area (Å²) in [6.07, 6.45) is -4.40. The maximum Gasteiger partial charge on any atom is 0.351 e. The third-order valence-corrected chi connectivity index (χ3v) is 8.13. The van der Waals surface area contributed by atoms with E-state index in [1.54, 1.807) is 30.3 Å². The smallest absolute Gasteiger partial charge is 0.351 e. The highest BCUT2D eigenvalue weighted by atomic mass is 31.2. The van der Waals surface area contributed by atoms with Crippen LogP contribution in [-0.2, 0) is 18.5 Å². The average molecular weight is 562 g/mol.